The van der Waals surface area contributed by atoms with E-state index in [-0.39, 0.29) is 0 Å². The lowest BCUT2D eigenvalue weighted by Gasteiger charge is -2.23. The van der Waals surface area contributed by atoms with Crippen molar-refractivity contribution in [3.8, 4) is 0 Å². The molecule has 0 saturated heterocycles. The fourth-order valence-corrected chi connectivity index (χ4v) is 2.93. The summed E-state index contributed by atoms with van der Waals surface area (Å²) in [6.45, 7) is 0.881. The van der Waals surface area contributed by atoms with Crippen LogP contribution in [0.25, 0.3) is 0 Å². The summed E-state index contributed by atoms with van der Waals surface area (Å²) in [5, 5.41) is 11.7. The van der Waals surface area contributed by atoms with E-state index in [0.29, 0.717) is 12.0 Å². The Labute approximate surface area is 137 Å². The van der Waals surface area contributed by atoms with Crippen LogP contribution in [0, 0.1) is 0 Å². The van der Waals surface area contributed by atoms with Crippen LogP contribution in [0.5, 0.6) is 0 Å². The van der Waals surface area contributed by atoms with Gasteiger partial charge in [-0.1, -0.05) is 19.3 Å². The van der Waals surface area contributed by atoms with Gasteiger partial charge in [0, 0.05) is 32.0 Å². The highest BCUT2D eigenvalue weighted by molar-refractivity contribution is 5.40. The highest BCUT2D eigenvalue weighted by Crippen LogP contribution is 2.20. The van der Waals surface area contributed by atoms with E-state index >= 15 is 0 Å². The third-order valence-corrected chi connectivity index (χ3v) is 4.36. The van der Waals surface area contributed by atoms with Crippen LogP contribution in [0.1, 0.15) is 37.7 Å². The Balaban J connectivity index is 1.57. The van der Waals surface area contributed by atoms with Crippen LogP contribution >= 0.6 is 0 Å². The highest BCUT2D eigenvalue weighted by Gasteiger charge is 2.15. The van der Waals surface area contributed by atoms with E-state index in [2.05, 4.69) is 30.4 Å². The molecular formula is C17H24N6. The van der Waals surface area contributed by atoms with Gasteiger partial charge in [0.05, 0.1) is 6.20 Å². The summed E-state index contributed by atoms with van der Waals surface area (Å²) in [6.07, 6.45) is 12.6. The maximum absolute atomic E-state index is 4.61. The third kappa shape index (κ3) is 4.61. The first-order chi connectivity index (χ1) is 11.3. The van der Waals surface area contributed by atoms with Crippen molar-refractivity contribution in [3.05, 3.63) is 36.3 Å². The average Bonchev–Trinajstić information content (AvgIpc) is 2.62. The van der Waals surface area contributed by atoms with Crippen LogP contribution in [0.2, 0.25) is 0 Å². The number of aromatic nitrogens is 4. The first kappa shape index (κ1) is 15.6. The molecule has 6 nitrogen and oxygen atoms in total. The SMILES string of the molecule is CN(CCc1ccncc1)c1cnnc(NC2CCCCC2)n1. The van der Waals surface area contributed by atoms with Crippen molar-refractivity contribution >= 4 is 11.8 Å². The second kappa shape index (κ2) is 7.85. The van der Waals surface area contributed by atoms with Crippen molar-refractivity contribution in [1.82, 2.24) is 20.2 Å². The van der Waals surface area contributed by atoms with E-state index in [1.165, 1.54) is 37.7 Å². The molecule has 0 bridgehead atoms. The largest absolute Gasteiger partial charge is 0.358 e. The summed E-state index contributed by atoms with van der Waals surface area (Å²) < 4.78 is 0. The molecule has 2 heterocycles. The molecule has 0 aromatic carbocycles. The minimum Gasteiger partial charge on any atom is -0.358 e. The summed E-state index contributed by atoms with van der Waals surface area (Å²) in [5.74, 6) is 1.50. The zero-order valence-corrected chi connectivity index (χ0v) is 13.6. The van der Waals surface area contributed by atoms with E-state index in [1.54, 1.807) is 6.20 Å². The molecule has 0 atom stereocenters. The van der Waals surface area contributed by atoms with Gasteiger partial charge in [0.1, 0.15) is 0 Å². The zero-order chi connectivity index (χ0) is 15.9. The van der Waals surface area contributed by atoms with Gasteiger partial charge in [-0.3, -0.25) is 4.98 Å². The third-order valence-electron chi connectivity index (χ3n) is 4.36. The molecule has 0 aliphatic heterocycles. The molecule has 2 aromatic rings. The molecule has 2 aromatic heterocycles. The van der Waals surface area contributed by atoms with E-state index in [9.17, 15) is 0 Å². The summed E-state index contributed by atoms with van der Waals surface area (Å²) in [6, 6.07) is 4.58. The Kier molecular flexibility index (Phi) is 5.34. The highest BCUT2D eigenvalue weighted by atomic mass is 15.3. The Morgan fingerprint density at radius 1 is 1.17 bits per heavy atom. The van der Waals surface area contributed by atoms with Crippen molar-refractivity contribution in [1.29, 1.82) is 0 Å². The van der Waals surface area contributed by atoms with Gasteiger partial charge in [0.2, 0.25) is 5.95 Å². The number of anilines is 2. The lowest BCUT2D eigenvalue weighted by Crippen LogP contribution is -2.26. The maximum Gasteiger partial charge on any atom is 0.244 e. The summed E-state index contributed by atoms with van der Waals surface area (Å²) in [4.78, 5) is 10.8. The number of nitrogens with one attached hydrogen (secondary N) is 1. The fraction of sp³-hybridized carbons (Fsp3) is 0.529. The second-order valence-corrected chi connectivity index (χ2v) is 6.14. The molecular weight excluding hydrogens is 288 g/mol. The first-order valence-corrected chi connectivity index (χ1v) is 8.37. The van der Waals surface area contributed by atoms with E-state index < -0.39 is 0 Å². The molecule has 6 heteroatoms. The van der Waals surface area contributed by atoms with Crippen molar-refractivity contribution in [3.63, 3.8) is 0 Å². The molecule has 23 heavy (non-hydrogen) atoms. The summed E-state index contributed by atoms with van der Waals surface area (Å²) in [7, 11) is 2.04. The molecule has 0 unspecified atom stereocenters. The summed E-state index contributed by atoms with van der Waals surface area (Å²) >= 11 is 0. The molecule has 0 spiro atoms. The molecule has 1 fully saturated rings. The molecule has 1 saturated carbocycles. The van der Waals surface area contributed by atoms with E-state index in [4.69, 9.17) is 0 Å². The smallest absolute Gasteiger partial charge is 0.244 e. The van der Waals surface area contributed by atoms with Crippen LogP contribution < -0.4 is 10.2 Å². The van der Waals surface area contributed by atoms with Crippen LogP contribution in [0.4, 0.5) is 11.8 Å². The van der Waals surface area contributed by atoms with Gasteiger partial charge < -0.3 is 10.2 Å². The molecule has 1 aliphatic carbocycles. The molecule has 1 N–H and O–H groups in total. The van der Waals surface area contributed by atoms with Gasteiger partial charge >= 0.3 is 0 Å². The minimum atomic E-state index is 0.489. The standard InChI is InChI=1S/C17H24N6/c1-23(12-9-14-7-10-18-11-8-14)16-13-19-22-17(21-16)20-15-5-3-2-4-6-15/h7-8,10-11,13,15H,2-6,9,12H2,1H3,(H,20,21,22). The van der Waals surface area contributed by atoms with Crippen molar-refractivity contribution in [2.75, 3.05) is 23.8 Å². The number of pyridine rings is 1. The molecule has 122 valence electrons. The molecule has 1 aliphatic rings. The first-order valence-electron chi connectivity index (χ1n) is 8.37. The normalized spacial score (nSPS) is 15.3. The number of hydrogen-bond acceptors (Lipinski definition) is 6. The van der Waals surface area contributed by atoms with Gasteiger partial charge in [-0.2, -0.15) is 10.1 Å². The Morgan fingerprint density at radius 2 is 1.96 bits per heavy atom. The average molecular weight is 312 g/mol. The number of likely N-dealkylation sites (N-methyl/N-ethyl adjacent to an activating group) is 1. The quantitative estimate of drug-likeness (QED) is 0.884. The predicted molar refractivity (Wildman–Crippen MR) is 91.5 cm³/mol. The van der Waals surface area contributed by atoms with Crippen molar-refractivity contribution in [2.45, 2.75) is 44.6 Å². The fourth-order valence-electron chi connectivity index (χ4n) is 2.93. The second-order valence-electron chi connectivity index (χ2n) is 6.14. The lowest BCUT2D eigenvalue weighted by atomic mass is 9.96. The van der Waals surface area contributed by atoms with Gasteiger partial charge in [-0.15, -0.1) is 5.10 Å². The van der Waals surface area contributed by atoms with Crippen LogP contribution in [-0.2, 0) is 6.42 Å². The lowest BCUT2D eigenvalue weighted by molar-refractivity contribution is 0.460. The van der Waals surface area contributed by atoms with Crippen LogP contribution in [-0.4, -0.2) is 39.8 Å². The van der Waals surface area contributed by atoms with Crippen molar-refractivity contribution < 1.29 is 0 Å². The molecule has 3 rings (SSSR count). The monoisotopic (exact) mass is 312 g/mol. The Hall–Kier alpha value is -2.24. The number of rotatable bonds is 6. The van der Waals surface area contributed by atoms with Crippen molar-refractivity contribution in [2.24, 2.45) is 0 Å². The van der Waals surface area contributed by atoms with Gasteiger partial charge in [-0.05, 0) is 37.0 Å². The van der Waals surface area contributed by atoms with Gasteiger partial charge in [-0.25, -0.2) is 0 Å². The summed E-state index contributed by atoms with van der Waals surface area (Å²) in [5.41, 5.74) is 1.27. The predicted octanol–water partition coefficient (Wildman–Crippen LogP) is 2.69. The maximum atomic E-state index is 4.61. The van der Waals surface area contributed by atoms with Gasteiger partial charge in [0.25, 0.3) is 0 Å². The Bertz CT molecular complexity index is 597. The van der Waals surface area contributed by atoms with Crippen LogP contribution in [0.15, 0.2) is 30.7 Å². The van der Waals surface area contributed by atoms with E-state index in [0.717, 1.165) is 18.8 Å². The van der Waals surface area contributed by atoms with Crippen LogP contribution in [0.3, 0.4) is 0 Å². The molecule has 0 radical (unpaired) electrons. The minimum absolute atomic E-state index is 0.489. The van der Waals surface area contributed by atoms with E-state index in [1.807, 2.05) is 31.6 Å². The number of hydrogen-bond donors (Lipinski definition) is 1. The molecule has 0 amide bonds. The topological polar surface area (TPSA) is 66.8 Å². The van der Waals surface area contributed by atoms with Gasteiger partial charge in [0.15, 0.2) is 5.82 Å². The number of nitrogens with zero attached hydrogens (tertiary/aromatic N) is 5. The zero-order valence-electron chi connectivity index (χ0n) is 13.6. The Morgan fingerprint density at radius 3 is 2.74 bits per heavy atom.